The Kier molecular flexibility index (Phi) is 3.74. The monoisotopic (exact) mass is 302 g/mol. The van der Waals surface area contributed by atoms with Gasteiger partial charge in [-0.3, -0.25) is 10.1 Å². The predicted octanol–water partition coefficient (Wildman–Crippen LogP) is 2.05. The quantitative estimate of drug-likeness (QED) is 0.636. The van der Waals surface area contributed by atoms with Crippen molar-refractivity contribution in [1.29, 1.82) is 0 Å². The number of benzene rings is 1. The number of aromatic nitrogens is 4. The molecule has 3 rings (SSSR count). The Balaban J connectivity index is 1.99. The molecule has 1 aliphatic heterocycles. The first kappa shape index (κ1) is 14.4. The molecule has 0 radical (unpaired) electrons. The summed E-state index contributed by atoms with van der Waals surface area (Å²) in [5, 5.41) is 22.4. The summed E-state index contributed by atoms with van der Waals surface area (Å²) in [6.07, 6.45) is 2.58. The SMILES string of the molecule is C[C@@H]1C[C@@H](C)CN(c2ccc(-n3cnnn3)cc2[N+](=O)[O-])C1. The highest BCUT2D eigenvalue weighted by atomic mass is 16.6. The van der Waals surface area contributed by atoms with E-state index in [0.29, 0.717) is 23.2 Å². The Hall–Kier alpha value is -2.51. The van der Waals surface area contributed by atoms with Crippen molar-refractivity contribution in [2.75, 3.05) is 18.0 Å². The van der Waals surface area contributed by atoms with Crippen LogP contribution in [0.2, 0.25) is 0 Å². The molecule has 1 aromatic carbocycles. The van der Waals surface area contributed by atoms with E-state index in [0.717, 1.165) is 19.5 Å². The lowest BCUT2D eigenvalue weighted by atomic mass is 9.91. The van der Waals surface area contributed by atoms with Crippen molar-refractivity contribution in [2.45, 2.75) is 20.3 Å². The number of nitro groups is 1. The van der Waals surface area contributed by atoms with Gasteiger partial charge in [-0.2, -0.15) is 0 Å². The number of anilines is 1. The highest BCUT2D eigenvalue weighted by Gasteiger charge is 2.27. The first-order valence-electron chi connectivity index (χ1n) is 7.31. The minimum atomic E-state index is -0.340. The third kappa shape index (κ3) is 2.76. The summed E-state index contributed by atoms with van der Waals surface area (Å²) in [6.45, 7) is 6.05. The lowest BCUT2D eigenvalue weighted by molar-refractivity contribution is -0.384. The number of piperidine rings is 1. The molecular weight excluding hydrogens is 284 g/mol. The van der Waals surface area contributed by atoms with Crippen LogP contribution < -0.4 is 4.90 Å². The molecule has 2 aromatic rings. The van der Waals surface area contributed by atoms with Gasteiger partial charge in [0.05, 0.1) is 10.6 Å². The van der Waals surface area contributed by atoms with E-state index in [1.54, 1.807) is 6.07 Å². The zero-order valence-electron chi connectivity index (χ0n) is 12.6. The summed E-state index contributed by atoms with van der Waals surface area (Å²) >= 11 is 0. The van der Waals surface area contributed by atoms with Gasteiger partial charge in [-0.25, -0.2) is 4.68 Å². The number of rotatable bonds is 3. The van der Waals surface area contributed by atoms with Crippen LogP contribution >= 0.6 is 0 Å². The first-order valence-corrected chi connectivity index (χ1v) is 7.31. The molecule has 0 unspecified atom stereocenters. The van der Waals surface area contributed by atoms with Crippen LogP contribution in [0, 0.1) is 22.0 Å². The van der Waals surface area contributed by atoms with Gasteiger partial charge in [0.2, 0.25) is 0 Å². The van der Waals surface area contributed by atoms with Gasteiger partial charge >= 0.3 is 0 Å². The van der Waals surface area contributed by atoms with Crippen molar-refractivity contribution in [3.8, 4) is 5.69 Å². The Morgan fingerprint density at radius 2 is 2.00 bits per heavy atom. The summed E-state index contributed by atoms with van der Waals surface area (Å²) in [5.74, 6) is 1.06. The molecule has 0 aliphatic carbocycles. The Morgan fingerprint density at radius 1 is 1.27 bits per heavy atom. The first-order chi connectivity index (χ1) is 10.5. The average Bonchev–Trinajstić information content (AvgIpc) is 2.99. The standard InChI is InChI=1S/C14H18N6O2/c1-10-5-11(2)8-18(7-10)13-4-3-12(6-14(13)20(21)22)19-9-15-16-17-19/h3-4,6,9-11H,5,7-8H2,1-2H3/t10-,11-/m1/s1. The van der Waals surface area contributed by atoms with Crippen molar-refractivity contribution >= 4 is 11.4 Å². The van der Waals surface area contributed by atoms with E-state index < -0.39 is 0 Å². The zero-order chi connectivity index (χ0) is 15.7. The van der Waals surface area contributed by atoms with Crippen LogP contribution in [0.5, 0.6) is 0 Å². The molecule has 0 bridgehead atoms. The molecule has 1 aromatic heterocycles. The largest absolute Gasteiger partial charge is 0.365 e. The topological polar surface area (TPSA) is 90.0 Å². The van der Waals surface area contributed by atoms with Crippen molar-refractivity contribution < 1.29 is 4.92 Å². The second kappa shape index (κ2) is 5.70. The summed E-state index contributed by atoms with van der Waals surface area (Å²) < 4.78 is 1.41. The molecular formula is C14H18N6O2. The van der Waals surface area contributed by atoms with Crippen LogP contribution in [0.25, 0.3) is 5.69 Å². The molecule has 1 saturated heterocycles. The van der Waals surface area contributed by atoms with Gasteiger partial charge < -0.3 is 4.90 Å². The Labute approximate surface area is 127 Å². The molecule has 0 amide bonds. The molecule has 0 spiro atoms. The molecule has 1 aliphatic rings. The van der Waals surface area contributed by atoms with Crippen molar-refractivity contribution in [1.82, 2.24) is 20.2 Å². The summed E-state index contributed by atoms with van der Waals surface area (Å²) in [6, 6.07) is 5.12. The molecule has 2 heterocycles. The predicted molar refractivity (Wildman–Crippen MR) is 81.0 cm³/mol. The maximum absolute atomic E-state index is 11.5. The number of nitrogens with zero attached hydrogens (tertiary/aromatic N) is 6. The highest BCUT2D eigenvalue weighted by molar-refractivity contribution is 5.66. The number of hydrogen-bond donors (Lipinski definition) is 0. The summed E-state index contributed by atoms with van der Waals surface area (Å²) in [7, 11) is 0. The Morgan fingerprint density at radius 3 is 2.59 bits per heavy atom. The van der Waals surface area contributed by atoms with Gasteiger partial charge in [-0.1, -0.05) is 13.8 Å². The van der Waals surface area contributed by atoms with E-state index in [1.807, 2.05) is 6.07 Å². The summed E-state index contributed by atoms with van der Waals surface area (Å²) in [4.78, 5) is 13.2. The van der Waals surface area contributed by atoms with Crippen LogP contribution in [0.1, 0.15) is 20.3 Å². The van der Waals surface area contributed by atoms with Crippen molar-refractivity contribution in [3.05, 3.63) is 34.6 Å². The molecule has 8 heteroatoms. The van der Waals surface area contributed by atoms with E-state index >= 15 is 0 Å². The van der Waals surface area contributed by atoms with Gasteiger partial charge in [0, 0.05) is 19.2 Å². The molecule has 0 N–H and O–H groups in total. The molecule has 116 valence electrons. The second-order valence-electron chi connectivity index (χ2n) is 6.04. The molecule has 1 fully saturated rings. The number of tetrazole rings is 1. The smallest absolute Gasteiger partial charge is 0.294 e. The van der Waals surface area contributed by atoms with Crippen molar-refractivity contribution in [3.63, 3.8) is 0 Å². The average molecular weight is 302 g/mol. The molecule has 22 heavy (non-hydrogen) atoms. The van der Waals surface area contributed by atoms with Gasteiger partial charge in [0.25, 0.3) is 5.69 Å². The molecule has 8 nitrogen and oxygen atoms in total. The van der Waals surface area contributed by atoms with Crippen LogP contribution in [0.3, 0.4) is 0 Å². The lowest BCUT2D eigenvalue weighted by Crippen LogP contribution is -2.39. The second-order valence-corrected chi connectivity index (χ2v) is 6.04. The fourth-order valence-corrected chi connectivity index (χ4v) is 3.21. The molecule has 0 saturated carbocycles. The zero-order valence-corrected chi connectivity index (χ0v) is 12.6. The maximum atomic E-state index is 11.5. The van der Waals surface area contributed by atoms with E-state index in [9.17, 15) is 10.1 Å². The lowest BCUT2D eigenvalue weighted by Gasteiger charge is -2.36. The number of nitro benzene ring substituents is 1. The van der Waals surface area contributed by atoms with E-state index in [-0.39, 0.29) is 10.6 Å². The van der Waals surface area contributed by atoms with Crippen LogP contribution in [0.15, 0.2) is 24.5 Å². The van der Waals surface area contributed by atoms with Gasteiger partial charge in [0.1, 0.15) is 12.0 Å². The highest BCUT2D eigenvalue weighted by Crippen LogP contribution is 2.34. The van der Waals surface area contributed by atoms with Gasteiger partial charge in [-0.05, 0) is 40.8 Å². The van der Waals surface area contributed by atoms with Gasteiger partial charge in [-0.15, -0.1) is 5.10 Å². The third-order valence-electron chi connectivity index (χ3n) is 3.98. The normalized spacial score (nSPS) is 21.8. The number of hydrogen-bond acceptors (Lipinski definition) is 6. The van der Waals surface area contributed by atoms with Crippen LogP contribution in [-0.4, -0.2) is 38.2 Å². The third-order valence-corrected chi connectivity index (χ3v) is 3.98. The van der Waals surface area contributed by atoms with E-state index in [2.05, 4.69) is 34.3 Å². The van der Waals surface area contributed by atoms with Crippen LogP contribution in [-0.2, 0) is 0 Å². The fraction of sp³-hybridized carbons (Fsp3) is 0.500. The van der Waals surface area contributed by atoms with Crippen LogP contribution in [0.4, 0.5) is 11.4 Å². The van der Waals surface area contributed by atoms with E-state index in [4.69, 9.17) is 0 Å². The molecule has 2 atom stereocenters. The summed E-state index contributed by atoms with van der Waals surface area (Å²) in [5.41, 5.74) is 1.34. The maximum Gasteiger partial charge on any atom is 0.294 e. The minimum Gasteiger partial charge on any atom is -0.365 e. The Bertz CT molecular complexity index is 662. The van der Waals surface area contributed by atoms with Gasteiger partial charge in [0.15, 0.2) is 0 Å². The van der Waals surface area contributed by atoms with Crippen molar-refractivity contribution in [2.24, 2.45) is 11.8 Å². The van der Waals surface area contributed by atoms with E-state index in [1.165, 1.54) is 17.1 Å². The fourth-order valence-electron chi connectivity index (χ4n) is 3.21. The minimum absolute atomic E-state index is 0.0919.